The van der Waals surface area contributed by atoms with E-state index in [0.29, 0.717) is 5.82 Å². The zero-order valence-electron chi connectivity index (χ0n) is 13.2. The van der Waals surface area contributed by atoms with Crippen molar-refractivity contribution in [2.45, 2.75) is 13.3 Å². The zero-order valence-corrected chi connectivity index (χ0v) is 13.2. The van der Waals surface area contributed by atoms with Crippen LogP contribution >= 0.6 is 0 Å². The third-order valence-corrected chi connectivity index (χ3v) is 3.73. The highest BCUT2D eigenvalue weighted by Gasteiger charge is 2.04. The summed E-state index contributed by atoms with van der Waals surface area (Å²) >= 11 is 0. The Morgan fingerprint density at radius 2 is 1.67 bits per heavy atom. The minimum atomic E-state index is -0.945. The van der Waals surface area contributed by atoms with E-state index in [2.05, 4.69) is 34.6 Å². The van der Waals surface area contributed by atoms with E-state index in [-0.39, 0.29) is 5.56 Å². The average molecular weight is 319 g/mol. The molecule has 0 aliphatic carbocycles. The van der Waals surface area contributed by atoms with Crippen molar-refractivity contribution >= 4 is 17.5 Å². The van der Waals surface area contributed by atoms with Crippen LogP contribution in [0.1, 0.15) is 22.8 Å². The standard InChI is InChI=1S/C19H17N3O2/c1-2-13-3-5-14(6-4-13)17-11-12-18(22-21-17)20-16-9-7-15(8-10-16)19(23)24/h3-12H,2H2,1H3,(H,20,22)(H,23,24). The van der Waals surface area contributed by atoms with Crippen molar-refractivity contribution in [3.63, 3.8) is 0 Å². The third-order valence-electron chi connectivity index (χ3n) is 3.73. The number of nitrogens with one attached hydrogen (secondary N) is 1. The molecule has 0 saturated heterocycles. The van der Waals surface area contributed by atoms with Gasteiger partial charge >= 0.3 is 5.97 Å². The topological polar surface area (TPSA) is 75.1 Å². The fourth-order valence-electron chi connectivity index (χ4n) is 2.31. The van der Waals surface area contributed by atoms with E-state index in [4.69, 9.17) is 5.11 Å². The summed E-state index contributed by atoms with van der Waals surface area (Å²) in [5, 5.41) is 20.4. The Hall–Kier alpha value is -3.21. The SMILES string of the molecule is CCc1ccc(-c2ccc(Nc3ccc(C(=O)O)cc3)nn2)cc1. The minimum Gasteiger partial charge on any atom is -0.478 e. The van der Waals surface area contributed by atoms with Crippen LogP contribution in [-0.4, -0.2) is 21.3 Å². The molecule has 0 unspecified atom stereocenters. The third kappa shape index (κ3) is 3.57. The maximum Gasteiger partial charge on any atom is 0.335 e. The predicted octanol–water partition coefficient (Wildman–Crippen LogP) is 4.15. The molecule has 3 aromatic rings. The highest BCUT2D eigenvalue weighted by atomic mass is 16.4. The van der Waals surface area contributed by atoms with Gasteiger partial charge in [-0.2, -0.15) is 0 Å². The summed E-state index contributed by atoms with van der Waals surface area (Å²) in [6, 6.07) is 18.5. The van der Waals surface area contributed by atoms with E-state index in [0.717, 1.165) is 23.4 Å². The fraction of sp³-hybridized carbons (Fsp3) is 0.105. The molecule has 3 rings (SSSR count). The first kappa shape index (κ1) is 15.7. The molecule has 0 saturated carbocycles. The highest BCUT2D eigenvalue weighted by Crippen LogP contribution is 2.20. The van der Waals surface area contributed by atoms with Gasteiger partial charge in [0.25, 0.3) is 0 Å². The summed E-state index contributed by atoms with van der Waals surface area (Å²) in [4.78, 5) is 10.8. The van der Waals surface area contributed by atoms with Gasteiger partial charge in [0.15, 0.2) is 5.82 Å². The van der Waals surface area contributed by atoms with Crippen LogP contribution in [0.2, 0.25) is 0 Å². The van der Waals surface area contributed by atoms with Gasteiger partial charge in [0.2, 0.25) is 0 Å². The van der Waals surface area contributed by atoms with Crippen LogP contribution in [0.5, 0.6) is 0 Å². The monoisotopic (exact) mass is 319 g/mol. The number of anilines is 2. The zero-order chi connectivity index (χ0) is 16.9. The van der Waals surface area contributed by atoms with Crippen LogP contribution < -0.4 is 5.32 Å². The molecular weight excluding hydrogens is 302 g/mol. The van der Waals surface area contributed by atoms with Gasteiger partial charge < -0.3 is 10.4 Å². The largest absolute Gasteiger partial charge is 0.478 e. The number of carbonyl (C=O) groups is 1. The van der Waals surface area contributed by atoms with Crippen molar-refractivity contribution in [2.75, 3.05) is 5.32 Å². The van der Waals surface area contributed by atoms with Crippen molar-refractivity contribution in [3.8, 4) is 11.3 Å². The minimum absolute atomic E-state index is 0.248. The van der Waals surface area contributed by atoms with E-state index in [1.165, 1.54) is 5.56 Å². The van der Waals surface area contributed by atoms with Gasteiger partial charge in [0, 0.05) is 11.3 Å². The number of aryl methyl sites for hydroxylation is 1. The molecule has 1 heterocycles. The van der Waals surface area contributed by atoms with Gasteiger partial charge in [-0.05, 0) is 48.4 Å². The molecule has 0 amide bonds. The second-order valence-electron chi connectivity index (χ2n) is 5.36. The molecule has 0 bridgehead atoms. The van der Waals surface area contributed by atoms with Crippen molar-refractivity contribution in [2.24, 2.45) is 0 Å². The Bertz CT molecular complexity index is 826. The summed E-state index contributed by atoms with van der Waals surface area (Å²) in [5.74, 6) is -0.341. The number of nitrogens with zero attached hydrogens (tertiary/aromatic N) is 2. The summed E-state index contributed by atoms with van der Waals surface area (Å²) in [5.41, 5.74) is 4.13. The summed E-state index contributed by atoms with van der Waals surface area (Å²) in [6.07, 6.45) is 1.01. The number of hydrogen-bond acceptors (Lipinski definition) is 4. The molecule has 0 fully saturated rings. The highest BCUT2D eigenvalue weighted by molar-refractivity contribution is 5.88. The second-order valence-corrected chi connectivity index (χ2v) is 5.36. The average Bonchev–Trinajstić information content (AvgIpc) is 2.63. The van der Waals surface area contributed by atoms with Crippen molar-refractivity contribution in [3.05, 3.63) is 71.8 Å². The number of aromatic carboxylic acids is 1. The number of aromatic nitrogens is 2. The molecule has 5 heteroatoms. The Morgan fingerprint density at radius 1 is 0.958 bits per heavy atom. The van der Waals surface area contributed by atoms with Gasteiger partial charge in [-0.3, -0.25) is 0 Å². The lowest BCUT2D eigenvalue weighted by molar-refractivity contribution is 0.0697. The molecular formula is C19H17N3O2. The number of hydrogen-bond donors (Lipinski definition) is 2. The number of carboxylic acids is 1. The molecule has 0 aliphatic heterocycles. The van der Waals surface area contributed by atoms with Gasteiger partial charge in [0.05, 0.1) is 11.3 Å². The van der Waals surface area contributed by atoms with E-state index in [9.17, 15) is 4.79 Å². The first-order valence-corrected chi connectivity index (χ1v) is 7.69. The summed E-state index contributed by atoms with van der Waals surface area (Å²) in [6.45, 7) is 2.12. The Balaban J connectivity index is 1.72. The number of benzene rings is 2. The van der Waals surface area contributed by atoms with E-state index >= 15 is 0 Å². The molecule has 0 aliphatic rings. The van der Waals surface area contributed by atoms with Crippen molar-refractivity contribution in [1.29, 1.82) is 0 Å². The molecule has 0 atom stereocenters. The van der Waals surface area contributed by atoms with Crippen LogP contribution in [0.3, 0.4) is 0 Å². The second kappa shape index (κ2) is 6.91. The first-order chi connectivity index (χ1) is 11.7. The molecule has 2 aromatic carbocycles. The predicted molar refractivity (Wildman–Crippen MR) is 93.5 cm³/mol. The Labute approximate surface area is 140 Å². The maximum absolute atomic E-state index is 10.8. The van der Waals surface area contributed by atoms with Gasteiger partial charge in [-0.1, -0.05) is 31.2 Å². The smallest absolute Gasteiger partial charge is 0.335 e. The van der Waals surface area contributed by atoms with Crippen LogP contribution in [-0.2, 0) is 6.42 Å². The number of rotatable bonds is 5. The normalized spacial score (nSPS) is 10.4. The molecule has 1 aromatic heterocycles. The van der Waals surface area contributed by atoms with Crippen LogP contribution in [0.15, 0.2) is 60.7 Å². The lowest BCUT2D eigenvalue weighted by Gasteiger charge is -2.06. The number of carboxylic acid groups (broad SMARTS) is 1. The molecule has 2 N–H and O–H groups in total. The van der Waals surface area contributed by atoms with Crippen LogP contribution in [0.25, 0.3) is 11.3 Å². The quantitative estimate of drug-likeness (QED) is 0.739. The van der Waals surface area contributed by atoms with E-state index in [1.807, 2.05) is 24.3 Å². The molecule has 120 valence electrons. The van der Waals surface area contributed by atoms with Crippen LogP contribution in [0, 0.1) is 0 Å². The van der Waals surface area contributed by atoms with Gasteiger partial charge in [-0.25, -0.2) is 4.79 Å². The summed E-state index contributed by atoms with van der Waals surface area (Å²) in [7, 11) is 0. The summed E-state index contributed by atoms with van der Waals surface area (Å²) < 4.78 is 0. The first-order valence-electron chi connectivity index (χ1n) is 7.69. The Morgan fingerprint density at radius 3 is 2.21 bits per heavy atom. The molecule has 0 spiro atoms. The van der Waals surface area contributed by atoms with E-state index in [1.54, 1.807) is 24.3 Å². The van der Waals surface area contributed by atoms with Crippen molar-refractivity contribution in [1.82, 2.24) is 10.2 Å². The van der Waals surface area contributed by atoms with E-state index < -0.39 is 5.97 Å². The maximum atomic E-state index is 10.8. The van der Waals surface area contributed by atoms with Gasteiger partial charge in [0.1, 0.15) is 0 Å². The van der Waals surface area contributed by atoms with Crippen LogP contribution in [0.4, 0.5) is 11.5 Å². The van der Waals surface area contributed by atoms with Gasteiger partial charge in [-0.15, -0.1) is 10.2 Å². The fourth-order valence-corrected chi connectivity index (χ4v) is 2.31. The molecule has 0 radical (unpaired) electrons. The molecule has 24 heavy (non-hydrogen) atoms. The van der Waals surface area contributed by atoms with Crippen molar-refractivity contribution < 1.29 is 9.90 Å². The Kier molecular flexibility index (Phi) is 4.52. The lowest BCUT2D eigenvalue weighted by atomic mass is 10.1. The molecule has 5 nitrogen and oxygen atoms in total. The lowest BCUT2D eigenvalue weighted by Crippen LogP contribution is -1.98.